The van der Waals surface area contributed by atoms with Gasteiger partial charge in [-0.05, 0) is 70.4 Å². The molecule has 0 spiro atoms. The number of esters is 1. The second-order valence-corrected chi connectivity index (χ2v) is 7.46. The number of likely N-dealkylation sites (tertiary alicyclic amines) is 1. The predicted octanol–water partition coefficient (Wildman–Crippen LogP) is 2.32. The molecule has 0 aromatic carbocycles. The summed E-state index contributed by atoms with van der Waals surface area (Å²) >= 11 is 0. The van der Waals surface area contributed by atoms with Crippen LogP contribution in [0, 0.1) is 5.92 Å². The number of ether oxygens (including phenoxy) is 1. The Labute approximate surface area is 128 Å². The lowest BCUT2D eigenvalue weighted by Gasteiger charge is -2.45. The maximum absolute atomic E-state index is 12.4. The number of hydrogen-bond acceptors (Lipinski definition) is 4. The molecular formula is C17H30N2O2. The van der Waals surface area contributed by atoms with Crippen LogP contribution in [0.3, 0.4) is 0 Å². The Morgan fingerprint density at radius 2 is 1.90 bits per heavy atom. The molecule has 2 saturated carbocycles. The van der Waals surface area contributed by atoms with Crippen LogP contribution < -0.4 is 5.32 Å². The molecule has 0 aromatic heterocycles. The molecule has 3 rings (SSSR count). The van der Waals surface area contributed by atoms with Crippen molar-refractivity contribution in [3.05, 3.63) is 0 Å². The van der Waals surface area contributed by atoms with Gasteiger partial charge in [-0.3, -0.25) is 10.1 Å². The number of methoxy groups -OCH3 is 1. The van der Waals surface area contributed by atoms with E-state index in [2.05, 4.69) is 17.1 Å². The van der Waals surface area contributed by atoms with Crippen LogP contribution in [0.25, 0.3) is 0 Å². The zero-order valence-corrected chi connectivity index (χ0v) is 13.6. The molecule has 1 aliphatic heterocycles. The van der Waals surface area contributed by atoms with Crippen molar-refractivity contribution in [3.8, 4) is 0 Å². The number of carbonyl (C=O) groups is 1. The van der Waals surface area contributed by atoms with Crippen LogP contribution in [-0.2, 0) is 9.53 Å². The molecule has 0 radical (unpaired) electrons. The van der Waals surface area contributed by atoms with Crippen LogP contribution in [-0.4, -0.2) is 48.7 Å². The van der Waals surface area contributed by atoms with Gasteiger partial charge in [0.25, 0.3) is 0 Å². The summed E-state index contributed by atoms with van der Waals surface area (Å²) in [5.41, 5.74) is -0.415. The Morgan fingerprint density at radius 3 is 2.52 bits per heavy atom. The monoisotopic (exact) mass is 294 g/mol. The second kappa shape index (κ2) is 6.25. The van der Waals surface area contributed by atoms with E-state index in [4.69, 9.17) is 4.74 Å². The van der Waals surface area contributed by atoms with Crippen LogP contribution in [0.4, 0.5) is 0 Å². The van der Waals surface area contributed by atoms with E-state index in [-0.39, 0.29) is 5.97 Å². The summed E-state index contributed by atoms with van der Waals surface area (Å²) in [6.07, 6.45) is 9.28. The smallest absolute Gasteiger partial charge is 0.326 e. The van der Waals surface area contributed by atoms with E-state index in [1.165, 1.54) is 52.3 Å². The van der Waals surface area contributed by atoms with Gasteiger partial charge in [-0.2, -0.15) is 0 Å². The normalized spacial score (nSPS) is 35.6. The molecule has 0 bridgehead atoms. The summed E-state index contributed by atoms with van der Waals surface area (Å²) < 4.78 is 5.15. The van der Waals surface area contributed by atoms with E-state index in [0.717, 1.165) is 25.2 Å². The quantitative estimate of drug-likeness (QED) is 0.808. The molecule has 2 unspecified atom stereocenters. The molecule has 4 heteroatoms. The summed E-state index contributed by atoms with van der Waals surface area (Å²) in [6.45, 7) is 4.75. The van der Waals surface area contributed by atoms with Crippen molar-refractivity contribution in [2.24, 2.45) is 5.92 Å². The molecule has 1 N–H and O–H groups in total. The van der Waals surface area contributed by atoms with Gasteiger partial charge in [-0.25, -0.2) is 0 Å². The Bertz CT molecular complexity index is 375. The molecule has 1 heterocycles. The highest BCUT2D eigenvalue weighted by Gasteiger charge is 2.47. The lowest BCUT2D eigenvalue weighted by molar-refractivity contribution is -0.151. The van der Waals surface area contributed by atoms with E-state index in [1.54, 1.807) is 0 Å². The summed E-state index contributed by atoms with van der Waals surface area (Å²) in [4.78, 5) is 15.1. The number of carbonyl (C=O) groups excluding carboxylic acids is 1. The van der Waals surface area contributed by atoms with Crippen molar-refractivity contribution in [3.63, 3.8) is 0 Å². The third kappa shape index (κ3) is 3.42. The molecule has 0 amide bonds. The third-order valence-corrected chi connectivity index (χ3v) is 5.69. The maximum atomic E-state index is 12.4. The van der Waals surface area contributed by atoms with Crippen molar-refractivity contribution in [1.82, 2.24) is 10.2 Å². The first kappa shape index (κ1) is 15.3. The lowest BCUT2D eigenvalue weighted by atomic mass is 9.77. The number of hydrogen-bond donors (Lipinski definition) is 1. The molecule has 1 saturated heterocycles. The highest BCUT2D eigenvalue weighted by Crippen LogP contribution is 2.36. The number of nitrogens with one attached hydrogen (secondary N) is 1. The fraction of sp³-hybridized carbons (Fsp3) is 0.941. The molecule has 4 nitrogen and oxygen atoms in total. The molecule has 2 aliphatic carbocycles. The van der Waals surface area contributed by atoms with Crippen LogP contribution in [0.2, 0.25) is 0 Å². The molecule has 2 atom stereocenters. The molecular weight excluding hydrogens is 264 g/mol. The largest absolute Gasteiger partial charge is 0.468 e. The fourth-order valence-electron chi connectivity index (χ4n) is 4.14. The van der Waals surface area contributed by atoms with E-state index in [0.29, 0.717) is 12.1 Å². The zero-order chi connectivity index (χ0) is 14.9. The average Bonchev–Trinajstić information content (AvgIpc) is 3.31. The van der Waals surface area contributed by atoms with Crippen molar-refractivity contribution >= 4 is 5.97 Å². The van der Waals surface area contributed by atoms with Gasteiger partial charge < -0.3 is 9.64 Å². The minimum absolute atomic E-state index is 0.0375. The zero-order valence-electron chi connectivity index (χ0n) is 13.6. The Morgan fingerprint density at radius 1 is 1.19 bits per heavy atom. The first-order valence-corrected chi connectivity index (χ1v) is 8.73. The van der Waals surface area contributed by atoms with Crippen LogP contribution in [0.1, 0.15) is 58.3 Å². The van der Waals surface area contributed by atoms with Crippen LogP contribution in [0.5, 0.6) is 0 Å². The molecule has 3 fully saturated rings. The summed E-state index contributed by atoms with van der Waals surface area (Å²) in [5.74, 6) is 0.823. The van der Waals surface area contributed by atoms with Gasteiger partial charge in [0.1, 0.15) is 5.54 Å². The highest BCUT2D eigenvalue weighted by atomic mass is 16.5. The Kier molecular flexibility index (Phi) is 4.55. The van der Waals surface area contributed by atoms with E-state index >= 15 is 0 Å². The number of rotatable bonds is 4. The Hall–Kier alpha value is -0.610. The highest BCUT2D eigenvalue weighted by molar-refractivity contribution is 5.81. The average molecular weight is 294 g/mol. The fourth-order valence-corrected chi connectivity index (χ4v) is 4.14. The van der Waals surface area contributed by atoms with E-state index in [9.17, 15) is 4.79 Å². The molecule has 120 valence electrons. The predicted molar refractivity (Wildman–Crippen MR) is 83.1 cm³/mol. The van der Waals surface area contributed by atoms with Crippen molar-refractivity contribution < 1.29 is 9.53 Å². The van der Waals surface area contributed by atoms with Gasteiger partial charge in [-0.1, -0.05) is 6.92 Å². The lowest BCUT2D eigenvalue weighted by Crippen LogP contribution is -2.60. The van der Waals surface area contributed by atoms with E-state index < -0.39 is 5.54 Å². The summed E-state index contributed by atoms with van der Waals surface area (Å²) in [7, 11) is 1.53. The first-order valence-electron chi connectivity index (χ1n) is 8.73. The van der Waals surface area contributed by atoms with Gasteiger partial charge in [0.05, 0.1) is 7.11 Å². The number of piperidine rings is 1. The van der Waals surface area contributed by atoms with Gasteiger partial charge in [-0.15, -0.1) is 0 Å². The molecule has 3 aliphatic rings. The van der Waals surface area contributed by atoms with Gasteiger partial charge >= 0.3 is 5.97 Å². The summed E-state index contributed by atoms with van der Waals surface area (Å²) in [6, 6.07) is 1.10. The topological polar surface area (TPSA) is 41.6 Å². The van der Waals surface area contributed by atoms with Crippen molar-refractivity contribution in [2.45, 2.75) is 75.9 Å². The number of nitrogens with zero attached hydrogens (tertiary/aromatic N) is 1. The minimum Gasteiger partial charge on any atom is -0.468 e. The van der Waals surface area contributed by atoms with Gasteiger partial charge in [0.2, 0.25) is 0 Å². The van der Waals surface area contributed by atoms with Crippen LogP contribution in [0.15, 0.2) is 0 Å². The molecule has 21 heavy (non-hydrogen) atoms. The Balaban J connectivity index is 1.68. The van der Waals surface area contributed by atoms with E-state index in [1.807, 2.05) is 0 Å². The molecule has 0 aromatic rings. The van der Waals surface area contributed by atoms with Crippen molar-refractivity contribution in [2.75, 3.05) is 20.2 Å². The first-order chi connectivity index (χ1) is 10.1. The third-order valence-electron chi connectivity index (χ3n) is 5.69. The van der Waals surface area contributed by atoms with Crippen LogP contribution >= 0.6 is 0 Å². The summed E-state index contributed by atoms with van der Waals surface area (Å²) in [5, 5.41) is 3.63. The standard InChI is InChI=1S/C17H30N2O2/c1-13-7-10-19(11-8-13)15-4-3-9-17(12-15,16(20)21-2)18-14-5-6-14/h13-15,18H,3-12H2,1-2H3. The minimum atomic E-state index is -0.415. The van der Waals surface area contributed by atoms with Crippen molar-refractivity contribution in [1.29, 1.82) is 0 Å². The second-order valence-electron chi connectivity index (χ2n) is 7.46. The maximum Gasteiger partial charge on any atom is 0.326 e. The van der Waals surface area contributed by atoms with Gasteiger partial charge in [0, 0.05) is 12.1 Å². The van der Waals surface area contributed by atoms with Gasteiger partial charge in [0.15, 0.2) is 0 Å². The SMILES string of the molecule is COC(=O)C1(NC2CC2)CCCC(N2CCC(C)CC2)C1.